The molecule has 2 fully saturated rings. The number of nitrogens with zero attached hydrogens (tertiary/aromatic N) is 2. The molecule has 4 aliphatic heterocycles. The molecule has 182 valence electrons. The summed E-state index contributed by atoms with van der Waals surface area (Å²) >= 11 is 1.75. The van der Waals surface area contributed by atoms with Gasteiger partial charge in [-0.15, -0.1) is 11.8 Å². The maximum atomic E-state index is 14.8. The number of rotatable bonds is 3. The minimum Gasteiger partial charge on any atom is -0.469 e. The molecule has 1 aromatic heterocycles. The summed E-state index contributed by atoms with van der Waals surface area (Å²) in [4.78, 5) is 42.5. The molecule has 0 unspecified atom stereocenters. The normalized spacial score (nSPS) is 30.2. The highest BCUT2D eigenvalue weighted by Crippen LogP contribution is 2.66. The van der Waals surface area contributed by atoms with Crippen LogP contribution in [0.4, 0.5) is 17.1 Å². The van der Waals surface area contributed by atoms with Gasteiger partial charge in [0.05, 0.1) is 16.6 Å². The number of furan rings is 1. The number of nitro benzene ring substituents is 1. The molecule has 36 heavy (non-hydrogen) atoms. The number of anilines is 2. The largest absolute Gasteiger partial charge is 0.469 e. The molecule has 2 saturated heterocycles. The van der Waals surface area contributed by atoms with Gasteiger partial charge in [-0.25, -0.2) is 0 Å². The summed E-state index contributed by atoms with van der Waals surface area (Å²) in [6.45, 7) is 0.106. The first-order valence-electron chi connectivity index (χ1n) is 11.8. The van der Waals surface area contributed by atoms with Gasteiger partial charge < -0.3 is 15.1 Å². The first-order chi connectivity index (χ1) is 17.5. The van der Waals surface area contributed by atoms with Crippen LogP contribution in [-0.4, -0.2) is 45.7 Å². The second kappa shape index (κ2) is 7.44. The van der Waals surface area contributed by atoms with Gasteiger partial charge in [-0.05, 0) is 30.2 Å². The van der Waals surface area contributed by atoms with Gasteiger partial charge in [-0.1, -0.05) is 24.3 Å². The lowest BCUT2D eigenvalue weighted by Crippen LogP contribution is -2.63. The summed E-state index contributed by atoms with van der Waals surface area (Å²) in [7, 11) is 0. The van der Waals surface area contributed by atoms with Crippen molar-refractivity contribution in [3.8, 4) is 0 Å². The Bertz CT molecular complexity index is 1440. The van der Waals surface area contributed by atoms with Gasteiger partial charge in [-0.3, -0.25) is 24.6 Å². The van der Waals surface area contributed by atoms with E-state index in [4.69, 9.17) is 4.42 Å². The van der Waals surface area contributed by atoms with Gasteiger partial charge in [0.25, 0.3) is 11.6 Å². The number of carbonyl (C=O) groups is 2. The third kappa shape index (κ3) is 2.45. The number of nitro groups is 1. The van der Waals surface area contributed by atoms with Crippen LogP contribution < -0.4 is 10.6 Å². The van der Waals surface area contributed by atoms with E-state index >= 15 is 0 Å². The molecular weight excluding hydrogens is 480 g/mol. The Morgan fingerprint density at radius 1 is 1.14 bits per heavy atom. The van der Waals surface area contributed by atoms with Crippen LogP contribution >= 0.6 is 11.8 Å². The number of fused-ring (bicyclic) bond motifs is 6. The van der Waals surface area contributed by atoms with Gasteiger partial charge in [0, 0.05) is 53.5 Å². The molecule has 9 nitrogen and oxygen atoms in total. The Morgan fingerprint density at radius 3 is 2.81 bits per heavy atom. The van der Waals surface area contributed by atoms with Crippen LogP contribution in [0.25, 0.3) is 0 Å². The quantitative estimate of drug-likeness (QED) is 0.409. The van der Waals surface area contributed by atoms with E-state index in [1.165, 1.54) is 6.07 Å². The Hall–Kier alpha value is -3.63. The Morgan fingerprint density at radius 2 is 2.00 bits per heavy atom. The van der Waals surface area contributed by atoms with Crippen molar-refractivity contribution in [1.82, 2.24) is 4.90 Å². The van der Waals surface area contributed by atoms with Crippen LogP contribution in [0.15, 0.2) is 65.3 Å². The SMILES string of the molecule is O=C1c2cccc([N+](=O)[O-])c2NC[C@@]12[C@H](Cc1ccco1)[C@H]1CSCN1[C@]21C(=O)Nc2ccccc21. The highest BCUT2D eigenvalue weighted by molar-refractivity contribution is 7.99. The lowest BCUT2D eigenvalue weighted by atomic mass is 9.56. The summed E-state index contributed by atoms with van der Waals surface area (Å²) in [6.07, 6.45) is 2.09. The van der Waals surface area contributed by atoms with Crippen molar-refractivity contribution in [3.05, 3.63) is 87.9 Å². The summed E-state index contributed by atoms with van der Waals surface area (Å²) in [5.74, 6) is 1.42. The average Bonchev–Trinajstić information content (AvgIpc) is 3.65. The first kappa shape index (κ1) is 21.6. The molecule has 1 amide bonds. The van der Waals surface area contributed by atoms with E-state index in [1.807, 2.05) is 36.4 Å². The minimum absolute atomic E-state index is 0.0528. The van der Waals surface area contributed by atoms with Crippen molar-refractivity contribution in [2.75, 3.05) is 28.8 Å². The minimum atomic E-state index is -1.25. The van der Waals surface area contributed by atoms with Gasteiger partial charge in [0.15, 0.2) is 5.78 Å². The second-order valence-corrected chi connectivity index (χ2v) is 10.7. The third-order valence-electron chi connectivity index (χ3n) is 8.42. The van der Waals surface area contributed by atoms with E-state index in [0.29, 0.717) is 18.0 Å². The summed E-state index contributed by atoms with van der Waals surface area (Å²) < 4.78 is 5.73. The average molecular weight is 503 g/mol. The fourth-order valence-electron chi connectivity index (χ4n) is 7.12. The highest BCUT2D eigenvalue weighted by Gasteiger charge is 2.78. The summed E-state index contributed by atoms with van der Waals surface area (Å²) in [6, 6.07) is 15.8. The van der Waals surface area contributed by atoms with E-state index in [0.717, 1.165) is 17.1 Å². The molecule has 4 aliphatic rings. The molecule has 10 heteroatoms. The summed E-state index contributed by atoms with van der Waals surface area (Å²) in [5, 5.41) is 18.1. The van der Waals surface area contributed by atoms with Gasteiger partial charge in [0.2, 0.25) is 0 Å². The first-order valence-corrected chi connectivity index (χ1v) is 13.0. The second-order valence-electron chi connectivity index (χ2n) is 9.75. The zero-order valence-electron chi connectivity index (χ0n) is 19.1. The van der Waals surface area contributed by atoms with Crippen molar-refractivity contribution >= 4 is 40.5 Å². The zero-order valence-corrected chi connectivity index (χ0v) is 19.9. The Labute approximate surface area is 210 Å². The molecule has 7 rings (SSSR count). The van der Waals surface area contributed by atoms with E-state index in [2.05, 4.69) is 15.5 Å². The van der Waals surface area contributed by atoms with Crippen LogP contribution in [0.3, 0.4) is 0 Å². The number of hydrogen-bond acceptors (Lipinski definition) is 8. The van der Waals surface area contributed by atoms with Crippen LogP contribution in [-0.2, 0) is 16.8 Å². The van der Waals surface area contributed by atoms with Crippen LogP contribution in [0.1, 0.15) is 21.7 Å². The van der Waals surface area contributed by atoms with E-state index < -0.39 is 15.9 Å². The number of nitrogens with one attached hydrogen (secondary N) is 2. The fourth-order valence-corrected chi connectivity index (χ4v) is 8.46. The van der Waals surface area contributed by atoms with Gasteiger partial charge >= 0.3 is 0 Å². The fraction of sp³-hybridized carbons (Fsp3) is 0.308. The summed E-state index contributed by atoms with van der Waals surface area (Å²) in [5.41, 5.74) is -0.630. The van der Waals surface area contributed by atoms with Crippen LogP contribution in [0.5, 0.6) is 0 Å². The topological polar surface area (TPSA) is 118 Å². The van der Waals surface area contributed by atoms with Crippen LogP contribution in [0.2, 0.25) is 0 Å². The maximum absolute atomic E-state index is 14.8. The molecule has 2 aromatic carbocycles. The number of amides is 1. The van der Waals surface area contributed by atoms with Crippen molar-refractivity contribution in [2.45, 2.75) is 18.0 Å². The number of thioether (sulfide) groups is 1. The molecular formula is C26H22N4O5S. The standard InChI is InChI=1S/C26H22N4O5S/c31-23-16-6-3-9-20(30(33)34)22(16)27-13-25(23)18(11-15-5-4-10-35-15)21-12-36-14-29(21)26(25)17-7-1-2-8-19(17)28-24(26)32/h1-10,18,21,27H,11-14H2,(H,28,32)/t18-,21-,25-,26-/m1/s1. The molecule has 0 saturated carbocycles. The predicted molar refractivity (Wildman–Crippen MR) is 134 cm³/mol. The molecule has 0 aliphatic carbocycles. The van der Waals surface area contributed by atoms with E-state index in [9.17, 15) is 19.7 Å². The molecule has 4 atom stereocenters. The van der Waals surface area contributed by atoms with Crippen molar-refractivity contribution in [2.24, 2.45) is 11.3 Å². The van der Waals surface area contributed by atoms with Crippen molar-refractivity contribution in [3.63, 3.8) is 0 Å². The third-order valence-corrected chi connectivity index (χ3v) is 9.46. The molecule has 3 aromatic rings. The Balaban J connectivity index is 1.52. The lowest BCUT2D eigenvalue weighted by molar-refractivity contribution is -0.384. The zero-order chi connectivity index (χ0) is 24.7. The van der Waals surface area contributed by atoms with E-state index in [1.54, 1.807) is 30.2 Å². The number of benzene rings is 2. The molecule has 0 radical (unpaired) electrons. The number of para-hydroxylation sites is 2. The highest BCUT2D eigenvalue weighted by atomic mass is 32.2. The number of ketones is 1. The monoisotopic (exact) mass is 502 g/mol. The van der Waals surface area contributed by atoms with Gasteiger partial charge in [0.1, 0.15) is 17.0 Å². The molecule has 2 spiro atoms. The maximum Gasteiger partial charge on any atom is 0.293 e. The number of carbonyl (C=O) groups excluding carboxylic acids is 2. The number of hydrogen-bond donors (Lipinski definition) is 2. The number of Topliss-reactive ketones (excluding diaryl/α,β-unsaturated/α-hetero) is 1. The lowest BCUT2D eigenvalue weighted by Gasteiger charge is -2.48. The molecule has 2 N–H and O–H groups in total. The van der Waals surface area contributed by atoms with E-state index in [-0.39, 0.29) is 47.1 Å². The molecule has 0 bridgehead atoms. The van der Waals surface area contributed by atoms with Gasteiger partial charge in [-0.2, -0.15) is 0 Å². The predicted octanol–water partition coefficient (Wildman–Crippen LogP) is 3.88. The molecule has 5 heterocycles. The smallest absolute Gasteiger partial charge is 0.293 e. The Kier molecular flexibility index (Phi) is 4.47. The van der Waals surface area contributed by atoms with Crippen molar-refractivity contribution in [1.29, 1.82) is 0 Å². The van der Waals surface area contributed by atoms with Crippen molar-refractivity contribution < 1.29 is 18.9 Å². The van der Waals surface area contributed by atoms with Crippen LogP contribution in [0, 0.1) is 21.4 Å².